The SMILES string of the molecule is CC(C)[C@@H](CNC(=O)CCCNC(=O)c1ccco1)c1ccccc1. The largest absolute Gasteiger partial charge is 0.459 e. The number of hydrogen-bond donors (Lipinski definition) is 2. The molecule has 0 fully saturated rings. The number of rotatable bonds is 9. The third-order valence-corrected chi connectivity index (χ3v) is 4.16. The number of carbonyl (C=O) groups is 2. The van der Waals surface area contributed by atoms with Gasteiger partial charge in [-0.05, 0) is 30.0 Å². The number of hydrogen-bond acceptors (Lipinski definition) is 3. The maximum absolute atomic E-state index is 12.0. The number of amides is 2. The Bertz CT molecular complexity index is 651. The first-order valence-electron chi connectivity index (χ1n) is 8.71. The van der Waals surface area contributed by atoms with E-state index in [1.165, 1.54) is 11.8 Å². The van der Waals surface area contributed by atoms with Crippen LogP contribution in [-0.2, 0) is 4.79 Å². The molecule has 0 aliphatic heterocycles. The molecule has 134 valence electrons. The van der Waals surface area contributed by atoms with Gasteiger partial charge in [0.15, 0.2) is 5.76 Å². The van der Waals surface area contributed by atoms with E-state index in [1.54, 1.807) is 12.1 Å². The highest BCUT2D eigenvalue weighted by atomic mass is 16.3. The van der Waals surface area contributed by atoms with Crippen LogP contribution in [0.3, 0.4) is 0 Å². The number of furan rings is 1. The quantitative estimate of drug-likeness (QED) is 0.687. The van der Waals surface area contributed by atoms with Crippen molar-refractivity contribution in [3.8, 4) is 0 Å². The average molecular weight is 342 g/mol. The van der Waals surface area contributed by atoms with Gasteiger partial charge in [0, 0.05) is 25.4 Å². The van der Waals surface area contributed by atoms with Crippen LogP contribution >= 0.6 is 0 Å². The van der Waals surface area contributed by atoms with Crippen molar-refractivity contribution in [3.05, 3.63) is 60.1 Å². The summed E-state index contributed by atoms with van der Waals surface area (Å²) in [6.07, 6.45) is 2.44. The summed E-state index contributed by atoms with van der Waals surface area (Å²) in [7, 11) is 0. The van der Waals surface area contributed by atoms with Crippen LogP contribution in [0, 0.1) is 5.92 Å². The Morgan fingerprint density at radius 3 is 2.44 bits per heavy atom. The minimum atomic E-state index is -0.255. The maximum Gasteiger partial charge on any atom is 0.286 e. The molecule has 0 unspecified atom stereocenters. The highest BCUT2D eigenvalue weighted by Crippen LogP contribution is 2.23. The van der Waals surface area contributed by atoms with Crippen LogP contribution in [0.2, 0.25) is 0 Å². The predicted molar refractivity (Wildman–Crippen MR) is 97.3 cm³/mol. The summed E-state index contributed by atoms with van der Waals surface area (Å²) in [6, 6.07) is 13.5. The lowest BCUT2D eigenvalue weighted by Crippen LogP contribution is -2.31. The highest BCUT2D eigenvalue weighted by Gasteiger charge is 2.16. The van der Waals surface area contributed by atoms with Gasteiger partial charge in [-0.15, -0.1) is 0 Å². The van der Waals surface area contributed by atoms with Gasteiger partial charge in [-0.3, -0.25) is 9.59 Å². The topological polar surface area (TPSA) is 71.3 Å². The first kappa shape index (κ1) is 18.8. The summed E-state index contributed by atoms with van der Waals surface area (Å²) in [4.78, 5) is 23.7. The molecule has 0 aliphatic rings. The summed E-state index contributed by atoms with van der Waals surface area (Å²) in [5.41, 5.74) is 1.24. The van der Waals surface area contributed by atoms with Gasteiger partial charge < -0.3 is 15.1 Å². The molecule has 5 heteroatoms. The molecule has 0 saturated heterocycles. The molecule has 1 heterocycles. The average Bonchev–Trinajstić information content (AvgIpc) is 3.14. The van der Waals surface area contributed by atoms with E-state index in [4.69, 9.17) is 4.42 Å². The van der Waals surface area contributed by atoms with E-state index in [0.29, 0.717) is 37.8 Å². The molecule has 0 aliphatic carbocycles. The van der Waals surface area contributed by atoms with Crippen molar-refractivity contribution in [2.45, 2.75) is 32.6 Å². The second-order valence-electron chi connectivity index (χ2n) is 6.40. The second-order valence-corrected chi connectivity index (χ2v) is 6.40. The maximum atomic E-state index is 12.0. The first-order chi connectivity index (χ1) is 12.1. The van der Waals surface area contributed by atoms with Crippen LogP contribution in [0.5, 0.6) is 0 Å². The fraction of sp³-hybridized carbons (Fsp3) is 0.400. The summed E-state index contributed by atoms with van der Waals surface area (Å²) in [6.45, 7) is 5.39. The minimum Gasteiger partial charge on any atom is -0.459 e. The van der Waals surface area contributed by atoms with Gasteiger partial charge in [0.05, 0.1) is 6.26 Å². The van der Waals surface area contributed by atoms with Gasteiger partial charge in [-0.2, -0.15) is 0 Å². The first-order valence-corrected chi connectivity index (χ1v) is 8.71. The molecule has 25 heavy (non-hydrogen) atoms. The predicted octanol–water partition coefficient (Wildman–Crippen LogP) is 3.35. The Morgan fingerprint density at radius 2 is 1.80 bits per heavy atom. The molecule has 1 atom stereocenters. The van der Waals surface area contributed by atoms with E-state index in [-0.39, 0.29) is 17.6 Å². The van der Waals surface area contributed by atoms with Gasteiger partial charge >= 0.3 is 0 Å². The third-order valence-electron chi connectivity index (χ3n) is 4.16. The van der Waals surface area contributed by atoms with Gasteiger partial charge in [0.1, 0.15) is 0 Å². The monoisotopic (exact) mass is 342 g/mol. The minimum absolute atomic E-state index is 0.00817. The Labute approximate surface area is 148 Å². The lowest BCUT2D eigenvalue weighted by Gasteiger charge is -2.22. The fourth-order valence-corrected chi connectivity index (χ4v) is 2.70. The van der Waals surface area contributed by atoms with E-state index in [2.05, 4.69) is 36.6 Å². The summed E-state index contributed by atoms with van der Waals surface area (Å²) in [5, 5.41) is 5.74. The Kier molecular flexibility index (Phi) is 7.26. The van der Waals surface area contributed by atoms with Crippen molar-refractivity contribution < 1.29 is 14.0 Å². The Morgan fingerprint density at radius 1 is 1.04 bits per heavy atom. The molecular weight excluding hydrogens is 316 g/mol. The van der Waals surface area contributed by atoms with Gasteiger partial charge in [-0.25, -0.2) is 0 Å². The lowest BCUT2D eigenvalue weighted by atomic mass is 9.88. The van der Waals surface area contributed by atoms with Gasteiger partial charge in [-0.1, -0.05) is 44.2 Å². The molecule has 2 N–H and O–H groups in total. The van der Waals surface area contributed by atoms with E-state index >= 15 is 0 Å². The third kappa shape index (κ3) is 6.10. The molecule has 0 bridgehead atoms. The molecule has 1 aromatic heterocycles. The number of nitrogens with one attached hydrogen (secondary N) is 2. The molecule has 0 radical (unpaired) electrons. The number of benzene rings is 1. The van der Waals surface area contributed by atoms with Crippen molar-refractivity contribution >= 4 is 11.8 Å². The zero-order valence-corrected chi connectivity index (χ0v) is 14.8. The lowest BCUT2D eigenvalue weighted by molar-refractivity contribution is -0.121. The summed E-state index contributed by atoms with van der Waals surface area (Å²) in [5.74, 6) is 0.773. The van der Waals surface area contributed by atoms with Crippen LogP contribution in [-0.4, -0.2) is 24.9 Å². The van der Waals surface area contributed by atoms with Crippen molar-refractivity contribution in [2.24, 2.45) is 5.92 Å². The molecule has 2 rings (SSSR count). The number of carbonyl (C=O) groups excluding carboxylic acids is 2. The van der Waals surface area contributed by atoms with Crippen LogP contribution in [0.15, 0.2) is 53.1 Å². The van der Waals surface area contributed by atoms with E-state index < -0.39 is 0 Å². The van der Waals surface area contributed by atoms with Crippen molar-refractivity contribution in [2.75, 3.05) is 13.1 Å². The van der Waals surface area contributed by atoms with E-state index in [0.717, 1.165) is 0 Å². The molecule has 1 aromatic carbocycles. The van der Waals surface area contributed by atoms with Gasteiger partial charge in [0.25, 0.3) is 5.91 Å². The molecule has 2 aromatic rings. The van der Waals surface area contributed by atoms with E-state index in [9.17, 15) is 9.59 Å². The van der Waals surface area contributed by atoms with Crippen molar-refractivity contribution in [3.63, 3.8) is 0 Å². The summed E-state index contributed by atoms with van der Waals surface area (Å²) >= 11 is 0. The van der Waals surface area contributed by atoms with Crippen LogP contribution in [0.1, 0.15) is 48.7 Å². The molecular formula is C20H26N2O3. The van der Waals surface area contributed by atoms with Crippen LogP contribution in [0.25, 0.3) is 0 Å². The Hall–Kier alpha value is -2.56. The molecule has 0 saturated carbocycles. The van der Waals surface area contributed by atoms with Crippen molar-refractivity contribution in [1.82, 2.24) is 10.6 Å². The summed E-state index contributed by atoms with van der Waals surface area (Å²) < 4.78 is 5.01. The zero-order chi connectivity index (χ0) is 18.1. The molecule has 2 amide bonds. The normalized spacial score (nSPS) is 12.0. The Balaban J connectivity index is 1.68. The second kappa shape index (κ2) is 9.67. The van der Waals surface area contributed by atoms with Crippen molar-refractivity contribution in [1.29, 1.82) is 0 Å². The molecule has 0 spiro atoms. The molecule has 5 nitrogen and oxygen atoms in total. The fourth-order valence-electron chi connectivity index (χ4n) is 2.70. The zero-order valence-electron chi connectivity index (χ0n) is 14.8. The van der Waals surface area contributed by atoms with E-state index in [1.807, 2.05) is 18.2 Å². The van der Waals surface area contributed by atoms with Gasteiger partial charge in [0.2, 0.25) is 5.91 Å². The van der Waals surface area contributed by atoms with Crippen LogP contribution in [0.4, 0.5) is 0 Å². The van der Waals surface area contributed by atoms with Crippen LogP contribution < -0.4 is 10.6 Å². The highest BCUT2D eigenvalue weighted by molar-refractivity contribution is 5.91. The standard InChI is InChI=1S/C20H26N2O3/c1-15(2)17(16-8-4-3-5-9-16)14-22-19(23)11-6-12-21-20(24)18-10-7-13-25-18/h3-5,7-10,13,15,17H,6,11-12,14H2,1-2H3,(H,21,24)(H,22,23)/t17-/m1/s1. The smallest absolute Gasteiger partial charge is 0.286 e.